The molecular formula is C28H38BO7S. The van der Waals surface area contributed by atoms with Crippen LogP contribution in [0.25, 0.3) is 0 Å². The normalized spacial score (nSPS) is 13.0. The van der Waals surface area contributed by atoms with Crippen LogP contribution in [0.4, 0.5) is 0 Å². The van der Waals surface area contributed by atoms with Crippen LogP contribution in [0.5, 0.6) is 0 Å². The van der Waals surface area contributed by atoms with Gasteiger partial charge in [0.1, 0.15) is 6.29 Å². The van der Waals surface area contributed by atoms with Crippen molar-refractivity contribution in [1.82, 2.24) is 0 Å². The number of rotatable bonds is 12. The van der Waals surface area contributed by atoms with E-state index >= 15 is 0 Å². The van der Waals surface area contributed by atoms with Crippen LogP contribution in [0.1, 0.15) is 54.4 Å². The summed E-state index contributed by atoms with van der Waals surface area (Å²) in [5, 5.41) is 0. The van der Waals surface area contributed by atoms with Gasteiger partial charge in [0.25, 0.3) is 7.09 Å². The molecule has 0 aromatic carbocycles. The molecule has 1 radical (unpaired) electrons. The lowest BCUT2D eigenvalue weighted by Gasteiger charge is -1.92. The Balaban J connectivity index is -0.000000262. The molecule has 0 saturated carbocycles. The van der Waals surface area contributed by atoms with Gasteiger partial charge in [-0.15, -0.1) is 0 Å². The van der Waals surface area contributed by atoms with Crippen molar-refractivity contribution in [3.8, 4) is 0 Å². The van der Waals surface area contributed by atoms with Crippen LogP contribution in [-0.2, 0) is 33.7 Å². The Labute approximate surface area is 224 Å². The van der Waals surface area contributed by atoms with Crippen LogP contribution >= 0.6 is 0 Å². The topological polar surface area (TPSA) is 119 Å². The van der Waals surface area contributed by atoms with E-state index in [-0.39, 0.29) is 18.1 Å². The van der Waals surface area contributed by atoms with E-state index in [1.165, 1.54) is 5.57 Å². The zero-order valence-corrected chi connectivity index (χ0v) is 23.3. The summed E-state index contributed by atoms with van der Waals surface area (Å²) in [5.41, 5.74) is 4.04. The maximum Gasteiger partial charge on any atom is 0.373 e. The molecule has 0 saturated heterocycles. The summed E-state index contributed by atoms with van der Waals surface area (Å²) in [7, 11) is -2.82. The van der Waals surface area contributed by atoms with Gasteiger partial charge in [0.15, 0.2) is 0 Å². The molecule has 0 rings (SSSR count). The number of carbonyl (C=O) groups excluding carboxylic acids is 5. The fourth-order valence-electron chi connectivity index (χ4n) is 1.84. The Hall–Kier alpha value is -3.64. The number of allylic oxidation sites excluding steroid dienone is 15. The van der Waals surface area contributed by atoms with Crippen molar-refractivity contribution < 1.29 is 32.4 Å². The Kier molecular flexibility index (Phi) is 31.1. The van der Waals surface area contributed by atoms with E-state index in [1.807, 2.05) is 57.2 Å². The lowest BCUT2D eigenvalue weighted by atomic mass is 10.2. The second kappa shape index (κ2) is 30.4. The molecule has 37 heavy (non-hydrogen) atoms. The van der Waals surface area contributed by atoms with Gasteiger partial charge in [-0.25, -0.2) is 8.42 Å². The quantitative estimate of drug-likeness (QED) is 0.149. The highest BCUT2D eigenvalue weighted by Crippen LogP contribution is 2.01. The molecule has 0 unspecified atom stereocenters. The Morgan fingerprint density at radius 3 is 1.57 bits per heavy atom. The van der Waals surface area contributed by atoms with Crippen molar-refractivity contribution in [3.05, 3.63) is 95.2 Å². The molecule has 0 amide bonds. The van der Waals surface area contributed by atoms with Crippen molar-refractivity contribution in [2.75, 3.05) is 5.75 Å². The first kappa shape index (κ1) is 37.9. The average molecular weight is 531 g/mol. The van der Waals surface area contributed by atoms with Gasteiger partial charge in [-0.1, -0.05) is 103 Å². The molecule has 0 aliphatic carbocycles. The smallest absolute Gasteiger partial charge is 0.298 e. The summed E-state index contributed by atoms with van der Waals surface area (Å²) in [6, 6.07) is 0. The van der Waals surface area contributed by atoms with Gasteiger partial charge in [-0.2, -0.15) is 19.2 Å². The number of aldehydes is 1. The highest BCUT2D eigenvalue weighted by atomic mass is 32.2. The lowest BCUT2D eigenvalue weighted by molar-refractivity contribution is -0.193. The first-order valence-corrected chi connectivity index (χ1v) is 12.9. The zero-order valence-electron chi connectivity index (χ0n) is 23.5. The summed E-state index contributed by atoms with van der Waals surface area (Å²) in [6.07, 6.45) is 26.8. The first-order chi connectivity index (χ1) is 17.9. The predicted molar refractivity (Wildman–Crippen MR) is 149 cm³/mol. The van der Waals surface area contributed by atoms with Gasteiger partial charge >= 0.3 is 12.3 Å². The first-order valence-electron chi connectivity index (χ1n) is 11.8. The molecule has 0 aliphatic heterocycles. The van der Waals surface area contributed by atoms with Crippen molar-refractivity contribution >= 4 is 35.4 Å². The molecule has 0 heterocycles. The number of hydrogen-bond acceptors (Lipinski definition) is 7. The summed E-state index contributed by atoms with van der Waals surface area (Å²) in [6.45, 7) is 11.9. The fraction of sp³-hybridized carbons (Fsp3) is 0.321. The van der Waals surface area contributed by atoms with Gasteiger partial charge in [0, 0.05) is 0 Å². The third-order valence-corrected chi connectivity index (χ3v) is 4.24. The molecule has 201 valence electrons. The average Bonchev–Trinajstić information content (AvgIpc) is 2.88. The minimum atomic E-state index is -3.31. The molecule has 0 aromatic rings. The highest BCUT2D eigenvalue weighted by molar-refractivity contribution is 8.12. The largest absolute Gasteiger partial charge is 0.373 e. The van der Waals surface area contributed by atoms with Crippen LogP contribution in [-0.4, -0.2) is 41.2 Å². The third-order valence-electron chi connectivity index (χ3n) is 3.60. The maximum atomic E-state index is 10.9. The second-order valence-electron chi connectivity index (χ2n) is 7.16. The molecule has 0 bridgehead atoms. The Morgan fingerprint density at radius 2 is 1.14 bits per heavy atom. The SMILES string of the molecule is CC/C=C/C(C)=C/C=C/C(C)=C/C=C/C=C(\C)C=O.O=C=O.O=C=O.[3H][B]S(=O)(=O)C/C=C(C)/C=C/CC. The van der Waals surface area contributed by atoms with E-state index in [2.05, 4.69) is 38.2 Å². The van der Waals surface area contributed by atoms with Crippen molar-refractivity contribution in [2.45, 2.75) is 54.4 Å². The molecule has 0 atom stereocenters. The molecule has 0 fully saturated rings. The Morgan fingerprint density at radius 1 is 0.730 bits per heavy atom. The van der Waals surface area contributed by atoms with Gasteiger partial charge in [0.2, 0.25) is 0 Å². The van der Waals surface area contributed by atoms with Gasteiger partial charge in [0.05, 0.1) is 15.4 Å². The number of hydrogen-bond donors (Lipinski definition) is 0. The van der Waals surface area contributed by atoms with E-state index in [9.17, 15) is 13.2 Å². The van der Waals surface area contributed by atoms with Crippen LogP contribution in [0.2, 0.25) is 0 Å². The monoisotopic (exact) mass is 531 g/mol. The molecule has 0 aliphatic rings. The minimum absolute atomic E-state index is 0.0869. The minimum Gasteiger partial charge on any atom is -0.298 e. The zero-order chi connectivity index (χ0) is 30.2. The van der Waals surface area contributed by atoms with E-state index in [1.54, 1.807) is 19.1 Å². The van der Waals surface area contributed by atoms with Crippen molar-refractivity contribution in [2.24, 2.45) is 0 Å². The molecular weight excluding hydrogens is 491 g/mol. The second-order valence-corrected chi connectivity index (χ2v) is 8.82. The predicted octanol–water partition coefficient (Wildman–Crippen LogP) is 5.07. The summed E-state index contributed by atoms with van der Waals surface area (Å²) in [4.78, 5) is 42.9. The van der Waals surface area contributed by atoms with Crippen LogP contribution in [0.15, 0.2) is 95.2 Å². The van der Waals surface area contributed by atoms with E-state index < -0.39 is 9.69 Å². The molecule has 0 N–H and O–H groups in total. The lowest BCUT2D eigenvalue weighted by Crippen LogP contribution is -2.01. The van der Waals surface area contributed by atoms with Gasteiger partial charge in [-0.3, -0.25) is 4.79 Å². The molecule has 0 aromatic heterocycles. The van der Waals surface area contributed by atoms with Crippen molar-refractivity contribution in [1.29, 1.82) is 1.34 Å². The summed E-state index contributed by atoms with van der Waals surface area (Å²) < 4.78 is 28.4. The highest BCUT2D eigenvalue weighted by Gasteiger charge is 1.96. The van der Waals surface area contributed by atoms with E-state index in [0.29, 0.717) is 7.09 Å². The Bertz CT molecular complexity index is 1050. The van der Waals surface area contributed by atoms with Crippen LogP contribution in [0, 0.1) is 0 Å². The summed E-state index contributed by atoms with van der Waals surface area (Å²) >= 11 is 0. The van der Waals surface area contributed by atoms with Gasteiger partial charge in [-0.05, 0) is 47.4 Å². The number of carbonyl (C=O) groups is 1. The third kappa shape index (κ3) is 46.4. The van der Waals surface area contributed by atoms with E-state index in [0.717, 1.165) is 35.8 Å². The summed E-state index contributed by atoms with van der Waals surface area (Å²) in [5.74, 6) is -0.0869. The maximum absolute atomic E-state index is 10.9. The van der Waals surface area contributed by atoms with Gasteiger partial charge < -0.3 is 0 Å². The fourth-order valence-corrected chi connectivity index (χ4v) is 2.34. The van der Waals surface area contributed by atoms with Crippen LogP contribution in [0.3, 0.4) is 0 Å². The standard InChI is InChI=1S/C18H24O.C8H14BO2S.2CO2/c1-5-6-10-16(2)13-9-14-17(3)11-7-8-12-18(4)15-19;1-3-4-5-8(2)6-7-12(9,10)11;2*2-1-3/h6-15H,5H2,1-4H3;4-6,9H,3,7H2,1-2H3;;/b8-7+,10-6+,14-9+,16-13+,17-11+,18-12+;5-4+,8-6+;;/i;9T;;. The van der Waals surface area contributed by atoms with E-state index in [4.69, 9.17) is 20.5 Å². The molecule has 9 heteroatoms. The molecule has 7 nitrogen and oxygen atoms in total. The molecule has 0 spiro atoms. The van der Waals surface area contributed by atoms with Crippen molar-refractivity contribution in [3.63, 3.8) is 0 Å². The van der Waals surface area contributed by atoms with Crippen LogP contribution < -0.4 is 0 Å².